The lowest BCUT2D eigenvalue weighted by Gasteiger charge is -2.34. The summed E-state index contributed by atoms with van der Waals surface area (Å²) < 4.78 is 12.4. The van der Waals surface area contributed by atoms with Crippen LogP contribution in [0.3, 0.4) is 0 Å². The highest BCUT2D eigenvalue weighted by molar-refractivity contribution is 5.97. The van der Waals surface area contributed by atoms with Crippen LogP contribution in [-0.4, -0.2) is 33.5 Å². The molecule has 0 radical (unpaired) electrons. The molecule has 2 aromatic heterocycles. The van der Waals surface area contributed by atoms with Gasteiger partial charge in [0.2, 0.25) is 0 Å². The molecule has 9 heteroatoms. The van der Waals surface area contributed by atoms with Crippen molar-refractivity contribution < 1.29 is 13.9 Å². The Morgan fingerprint density at radius 3 is 2.45 bits per heavy atom. The first kappa shape index (κ1) is 19.1. The van der Waals surface area contributed by atoms with Crippen LogP contribution in [0.1, 0.15) is 38.3 Å². The molecule has 4 rings (SSSR count). The highest BCUT2D eigenvalue weighted by Crippen LogP contribution is 2.37. The van der Waals surface area contributed by atoms with Crippen molar-refractivity contribution in [2.45, 2.75) is 38.6 Å². The van der Waals surface area contributed by atoms with Gasteiger partial charge in [-0.3, -0.25) is 10.1 Å². The summed E-state index contributed by atoms with van der Waals surface area (Å²) in [6.07, 6.45) is 1.57. The smallest absolute Gasteiger partial charge is 0.356 e. The number of aromatic nitrogens is 1. The molecule has 29 heavy (non-hydrogen) atoms. The van der Waals surface area contributed by atoms with Crippen LogP contribution in [0.2, 0.25) is 0 Å². The van der Waals surface area contributed by atoms with E-state index < -0.39 is 16.2 Å². The molecule has 0 amide bonds. The molecule has 152 valence electrons. The first-order valence-electron chi connectivity index (χ1n) is 9.54. The second-order valence-corrected chi connectivity index (χ2v) is 7.54. The Balaban J connectivity index is 2.03. The van der Waals surface area contributed by atoms with Gasteiger partial charge in [-0.25, -0.2) is 9.59 Å². The van der Waals surface area contributed by atoms with E-state index in [1.165, 1.54) is 22.8 Å². The molecule has 1 saturated heterocycles. The number of likely N-dealkylation sites (tertiary alicyclic amines) is 1. The van der Waals surface area contributed by atoms with Gasteiger partial charge in [0.05, 0.1) is 15.8 Å². The molecular formula is C20H21N3O6. The summed E-state index contributed by atoms with van der Waals surface area (Å²) in [5, 5.41) is 11.6. The van der Waals surface area contributed by atoms with Crippen molar-refractivity contribution in [2.24, 2.45) is 0 Å². The summed E-state index contributed by atoms with van der Waals surface area (Å²) in [5.74, 6) is -0.0230. The lowest BCUT2D eigenvalue weighted by Crippen LogP contribution is -2.38. The number of rotatable bonds is 3. The molecule has 0 saturated carbocycles. The predicted molar refractivity (Wildman–Crippen MR) is 106 cm³/mol. The molecule has 0 unspecified atom stereocenters. The molecule has 1 fully saturated rings. The van der Waals surface area contributed by atoms with Crippen LogP contribution in [0.15, 0.2) is 48.9 Å². The lowest BCUT2D eigenvalue weighted by atomic mass is 9.92. The number of nitro benzene ring substituents is 1. The van der Waals surface area contributed by atoms with Crippen LogP contribution in [0.4, 0.5) is 5.69 Å². The molecule has 1 aliphatic heterocycles. The fourth-order valence-electron chi connectivity index (χ4n) is 3.99. The summed E-state index contributed by atoms with van der Waals surface area (Å²) in [4.78, 5) is 37.5. The predicted octanol–water partition coefficient (Wildman–Crippen LogP) is 3.06. The maximum Gasteiger partial charge on any atom is 0.356 e. The van der Waals surface area contributed by atoms with Gasteiger partial charge in [0.1, 0.15) is 5.69 Å². The Morgan fingerprint density at radius 2 is 1.79 bits per heavy atom. The number of nitrogens with zero attached hydrogens (tertiary/aromatic N) is 3. The molecule has 2 bridgehead atoms. The Hall–Kier alpha value is -3.20. The summed E-state index contributed by atoms with van der Waals surface area (Å²) in [5.41, 5.74) is -0.345. The first-order chi connectivity index (χ1) is 13.8. The molecule has 0 N–H and O–H groups in total. The van der Waals surface area contributed by atoms with Gasteiger partial charge < -0.3 is 13.8 Å². The third-order valence-electron chi connectivity index (χ3n) is 5.49. The van der Waals surface area contributed by atoms with Gasteiger partial charge in [-0.05, 0) is 45.8 Å². The first-order valence-corrected chi connectivity index (χ1v) is 9.54. The SMILES string of the molecule is CC(C)N1CCC(c2c3oc(=O)ccc(=O)on2c2ccc([N+](=O)[O-])cc32)CC1. The van der Waals surface area contributed by atoms with Crippen molar-refractivity contribution in [1.29, 1.82) is 0 Å². The van der Waals surface area contributed by atoms with Crippen LogP contribution in [0.5, 0.6) is 0 Å². The van der Waals surface area contributed by atoms with Crippen molar-refractivity contribution in [3.63, 3.8) is 0 Å². The van der Waals surface area contributed by atoms with Crippen molar-refractivity contribution in [3.05, 3.63) is 67.0 Å². The van der Waals surface area contributed by atoms with Crippen molar-refractivity contribution in [2.75, 3.05) is 13.1 Å². The van der Waals surface area contributed by atoms with E-state index in [9.17, 15) is 19.7 Å². The highest BCUT2D eigenvalue weighted by atomic mass is 16.6. The topological polar surface area (TPSA) is 111 Å². The summed E-state index contributed by atoms with van der Waals surface area (Å²) in [6.45, 7) is 5.98. The van der Waals surface area contributed by atoms with Gasteiger partial charge in [0.15, 0.2) is 5.58 Å². The maximum absolute atomic E-state index is 12.2. The Bertz CT molecular complexity index is 1230. The minimum absolute atomic E-state index is 0.0230. The number of fused-ring (bicyclic) bond motifs is 5. The molecule has 1 aromatic carbocycles. The van der Waals surface area contributed by atoms with E-state index in [0.717, 1.165) is 38.1 Å². The van der Waals surface area contributed by atoms with E-state index in [-0.39, 0.29) is 17.2 Å². The zero-order chi connectivity index (χ0) is 20.7. The fourth-order valence-corrected chi connectivity index (χ4v) is 3.99. The number of benzene rings is 1. The Labute approximate surface area is 164 Å². The average Bonchev–Trinajstić information content (AvgIpc) is 3.01. The minimum Gasteiger partial charge on any atom is -0.421 e. The third kappa shape index (κ3) is 3.49. The van der Waals surface area contributed by atoms with Gasteiger partial charge in [-0.1, -0.05) is 0 Å². The summed E-state index contributed by atoms with van der Waals surface area (Å²) in [7, 11) is 0. The number of hydrogen-bond acceptors (Lipinski definition) is 7. The second-order valence-electron chi connectivity index (χ2n) is 7.54. The van der Waals surface area contributed by atoms with Crippen molar-refractivity contribution in [3.8, 4) is 0 Å². The van der Waals surface area contributed by atoms with Gasteiger partial charge in [-0.15, -0.1) is 0 Å². The Morgan fingerprint density at radius 1 is 1.10 bits per heavy atom. The van der Waals surface area contributed by atoms with Crippen LogP contribution < -0.4 is 11.3 Å². The molecule has 0 atom stereocenters. The van der Waals surface area contributed by atoms with E-state index in [1.807, 2.05) is 0 Å². The van der Waals surface area contributed by atoms with Crippen LogP contribution >= 0.6 is 0 Å². The summed E-state index contributed by atoms with van der Waals surface area (Å²) >= 11 is 0. The molecule has 0 aliphatic carbocycles. The van der Waals surface area contributed by atoms with Crippen molar-refractivity contribution >= 4 is 22.2 Å². The van der Waals surface area contributed by atoms with E-state index in [4.69, 9.17) is 8.94 Å². The van der Waals surface area contributed by atoms with Crippen LogP contribution in [0, 0.1) is 10.1 Å². The van der Waals surface area contributed by atoms with Crippen LogP contribution in [0.25, 0.3) is 16.5 Å². The zero-order valence-corrected chi connectivity index (χ0v) is 16.2. The Kier molecular flexibility index (Phi) is 4.83. The van der Waals surface area contributed by atoms with Gasteiger partial charge >= 0.3 is 11.3 Å². The molecule has 9 nitrogen and oxygen atoms in total. The van der Waals surface area contributed by atoms with Gasteiger partial charge in [0, 0.05) is 36.2 Å². The molecule has 3 heterocycles. The summed E-state index contributed by atoms with van der Waals surface area (Å²) in [6, 6.07) is 6.62. The molecule has 1 aliphatic rings. The zero-order valence-electron chi connectivity index (χ0n) is 16.2. The normalized spacial score (nSPS) is 16.0. The van der Waals surface area contributed by atoms with E-state index in [1.54, 1.807) is 0 Å². The average molecular weight is 399 g/mol. The molecule has 0 spiro atoms. The third-order valence-corrected chi connectivity index (χ3v) is 5.49. The van der Waals surface area contributed by atoms with Gasteiger partial charge in [-0.2, -0.15) is 4.57 Å². The minimum atomic E-state index is -0.727. The van der Waals surface area contributed by atoms with E-state index in [0.29, 0.717) is 22.6 Å². The highest BCUT2D eigenvalue weighted by Gasteiger charge is 2.29. The quantitative estimate of drug-likeness (QED) is 0.491. The molecule has 3 aromatic rings. The largest absolute Gasteiger partial charge is 0.421 e. The number of nitro groups is 1. The number of hydrogen-bond donors (Lipinski definition) is 0. The lowest BCUT2D eigenvalue weighted by molar-refractivity contribution is -0.384. The standard InChI is InChI=1S/C20H21N3O6/c1-12(2)21-9-7-13(8-10-21)19-20-15-11-14(23(26)27)3-4-16(15)22(19)29-18(25)6-5-17(24)28-20/h3-6,11-13H,7-10H2,1-2H3. The van der Waals surface area contributed by atoms with E-state index >= 15 is 0 Å². The maximum atomic E-state index is 12.2. The fraction of sp³-hybridized carbons (Fsp3) is 0.400. The van der Waals surface area contributed by atoms with E-state index in [2.05, 4.69) is 18.7 Å². The van der Waals surface area contributed by atoms with Gasteiger partial charge in [0.25, 0.3) is 5.69 Å². The number of non-ortho nitro benzene ring substituents is 1. The second kappa shape index (κ2) is 7.32. The number of piperidine rings is 1. The van der Waals surface area contributed by atoms with Crippen LogP contribution in [-0.2, 0) is 0 Å². The monoisotopic (exact) mass is 399 g/mol. The van der Waals surface area contributed by atoms with Crippen molar-refractivity contribution in [1.82, 2.24) is 9.47 Å². The molecular weight excluding hydrogens is 378 g/mol.